The van der Waals surface area contributed by atoms with Gasteiger partial charge in [0.1, 0.15) is 0 Å². The third kappa shape index (κ3) is 3.15. The zero-order chi connectivity index (χ0) is 19.1. The molecule has 0 aliphatic carbocycles. The first-order valence-electron chi connectivity index (χ1n) is 9.39. The van der Waals surface area contributed by atoms with Crippen LogP contribution < -0.4 is 5.56 Å². The molecule has 1 aliphatic heterocycles. The van der Waals surface area contributed by atoms with E-state index >= 15 is 0 Å². The smallest absolute Gasteiger partial charge is 0.272 e. The van der Waals surface area contributed by atoms with Crippen molar-refractivity contribution in [3.8, 4) is 0 Å². The quantitative estimate of drug-likeness (QED) is 0.764. The van der Waals surface area contributed by atoms with Gasteiger partial charge >= 0.3 is 0 Å². The van der Waals surface area contributed by atoms with Crippen molar-refractivity contribution in [1.82, 2.24) is 29.3 Å². The van der Waals surface area contributed by atoms with Gasteiger partial charge in [0.25, 0.3) is 11.5 Å². The molecular formula is C19H24N6O2. The van der Waals surface area contributed by atoms with Crippen molar-refractivity contribution in [2.75, 3.05) is 13.1 Å². The minimum Gasteiger partial charge on any atom is -0.338 e. The van der Waals surface area contributed by atoms with E-state index < -0.39 is 0 Å². The summed E-state index contributed by atoms with van der Waals surface area (Å²) in [6.45, 7) is 7.84. The molecule has 1 amide bonds. The molecule has 1 fully saturated rings. The number of carbonyl (C=O) groups excluding carboxylic acids is 1. The van der Waals surface area contributed by atoms with E-state index in [0.717, 1.165) is 30.8 Å². The molecule has 3 aromatic heterocycles. The fourth-order valence-electron chi connectivity index (χ4n) is 3.79. The molecule has 0 saturated carbocycles. The maximum Gasteiger partial charge on any atom is 0.272 e. The van der Waals surface area contributed by atoms with E-state index in [0.29, 0.717) is 30.0 Å². The van der Waals surface area contributed by atoms with Crippen LogP contribution in [0.4, 0.5) is 0 Å². The van der Waals surface area contributed by atoms with Gasteiger partial charge in [-0.3, -0.25) is 19.4 Å². The van der Waals surface area contributed by atoms with E-state index in [1.807, 2.05) is 37.9 Å². The Bertz CT molecular complexity index is 1050. The number of fused-ring (bicyclic) bond motifs is 1. The predicted octanol–water partition coefficient (Wildman–Crippen LogP) is 1.88. The van der Waals surface area contributed by atoms with Crippen molar-refractivity contribution in [3.05, 3.63) is 51.3 Å². The summed E-state index contributed by atoms with van der Waals surface area (Å²) in [6.07, 6.45) is 3.54. The number of piperidine rings is 1. The Labute approximate surface area is 156 Å². The molecule has 0 atom stereocenters. The Morgan fingerprint density at radius 2 is 2.00 bits per heavy atom. The van der Waals surface area contributed by atoms with Gasteiger partial charge in [-0.1, -0.05) is 0 Å². The molecule has 1 N–H and O–H groups in total. The maximum absolute atomic E-state index is 12.8. The number of rotatable bonds is 3. The van der Waals surface area contributed by atoms with Crippen LogP contribution in [-0.4, -0.2) is 48.3 Å². The lowest BCUT2D eigenvalue weighted by Gasteiger charge is -2.31. The fraction of sp³-hybridized carbons (Fsp3) is 0.474. The Morgan fingerprint density at radius 1 is 1.26 bits per heavy atom. The third-order valence-corrected chi connectivity index (χ3v) is 5.32. The Balaban J connectivity index is 1.49. The molecular weight excluding hydrogens is 344 g/mol. The average Bonchev–Trinajstić information content (AvgIpc) is 3.25. The summed E-state index contributed by atoms with van der Waals surface area (Å²) in [5, 5.41) is 7.55. The number of nitrogens with zero attached hydrogens (tertiary/aromatic N) is 5. The Kier molecular flexibility index (Phi) is 4.33. The van der Waals surface area contributed by atoms with Crippen LogP contribution in [0.3, 0.4) is 0 Å². The monoisotopic (exact) mass is 368 g/mol. The van der Waals surface area contributed by atoms with Crippen molar-refractivity contribution in [3.63, 3.8) is 0 Å². The number of likely N-dealkylation sites (tertiary alicyclic amines) is 1. The Hall–Kier alpha value is -2.90. The number of aryl methyl sites for hydroxylation is 3. The number of aromatic amines is 1. The second kappa shape index (κ2) is 6.68. The summed E-state index contributed by atoms with van der Waals surface area (Å²) in [5.41, 5.74) is 3.74. The molecule has 4 rings (SSSR count). The molecule has 0 aromatic carbocycles. The van der Waals surface area contributed by atoms with Crippen LogP contribution in [0.5, 0.6) is 0 Å². The second-order valence-corrected chi connectivity index (χ2v) is 7.19. The van der Waals surface area contributed by atoms with Gasteiger partial charge in [-0.2, -0.15) is 5.10 Å². The van der Waals surface area contributed by atoms with Gasteiger partial charge in [0, 0.05) is 55.3 Å². The van der Waals surface area contributed by atoms with Crippen LogP contribution >= 0.6 is 0 Å². The molecule has 3 aromatic rings. The molecule has 1 saturated heterocycles. The maximum atomic E-state index is 12.8. The lowest BCUT2D eigenvalue weighted by Crippen LogP contribution is -2.38. The fourth-order valence-corrected chi connectivity index (χ4v) is 3.79. The zero-order valence-corrected chi connectivity index (χ0v) is 15.9. The predicted molar refractivity (Wildman–Crippen MR) is 101 cm³/mol. The van der Waals surface area contributed by atoms with E-state index in [2.05, 4.69) is 15.2 Å². The molecule has 27 heavy (non-hydrogen) atoms. The third-order valence-electron chi connectivity index (χ3n) is 5.32. The molecule has 0 bridgehead atoms. The van der Waals surface area contributed by atoms with Gasteiger partial charge in [0.15, 0.2) is 5.65 Å². The lowest BCUT2D eigenvalue weighted by molar-refractivity contribution is 0.0711. The van der Waals surface area contributed by atoms with Gasteiger partial charge in [-0.05, 0) is 33.6 Å². The lowest BCUT2D eigenvalue weighted by atomic mass is 9.93. The molecule has 142 valence electrons. The molecule has 0 radical (unpaired) electrons. The molecule has 8 heteroatoms. The average molecular weight is 368 g/mol. The molecule has 0 unspecified atom stereocenters. The van der Waals surface area contributed by atoms with E-state index in [9.17, 15) is 9.59 Å². The molecule has 1 aliphatic rings. The molecule has 4 heterocycles. The first kappa shape index (κ1) is 17.5. The minimum atomic E-state index is -0.0974. The normalized spacial score (nSPS) is 15.6. The van der Waals surface area contributed by atoms with Crippen LogP contribution in [0.2, 0.25) is 0 Å². The minimum absolute atomic E-state index is 0.0517. The summed E-state index contributed by atoms with van der Waals surface area (Å²) in [6, 6.07) is 3.47. The number of hydrogen-bond acceptors (Lipinski definition) is 4. The van der Waals surface area contributed by atoms with Gasteiger partial charge in [-0.15, -0.1) is 0 Å². The summed E-state index contributed by atoms with van der Waals surface area (Å²) in [4.78, 5) is 31.2. The second-order valence-electron chi connectivity index (χ2n) is 7.19. The van der Waals surface area contributed by atoms with E-state index in [1.54, 1.807) is 4.68 Å². The first-order valence-corrected chi connectivity index (χ1v) is 9.39. The highest BCUT2D eigenvalue weighted by molar-refractivity contribution is 5.95. The highest BCUT2D eigenvalue weighted by Crippen LogP contribution is 2.28. The van der Waals surface area contributed by atoms with Crippen molar-refractivity contribution < 1.29 is 4.79 Å². The van der Waals surface area contributed by atoms with Crippen LogP contribution in [0.1, 0.15) is 53.1 Å². The topological polar surface area (TPSA) is 88.3 Å². The summed E-state index contributed by atoms with van der Waals surface area (Å²) in [5.74, 6) is 0.339. The number of aromatic nitrogens is 5. The van der Waals surface area contributed by atoms with E-state index in [1.165, 1.54) is 10.6 Å². The number of nitrogens with one attached hydrogen (secondary N) is 1. The van der Waals surface area contributed by atoms with E-state index in [4.69, 9.17) is 0 Å². The first-order chi connectivity index (χ1) is 13.0. The van der Waals surface area contributed by atoms with Gasteiger partial charge in [-0.25, -0.2) is 9.50 Å². The van der Waals surface area contributed by atoms with Gasteiger partial charge in [0.2, 0.25) is 0 Å². The highest BCUT2D eigenvalue weighted by Gasteiger charge is 2.27. The number of H-pyrrole nitrogens is 1. The summed E-state index contributed by atoms with van der Waals surface area (Å²) >= 11 is 0. The van der Waals surface area contributed by atoms with Crippen molar-refractivity contribution >= 4 is 11.6 Å². The summed E-state index contributed by atoms with van der Waals surface area (Å²) in [7, 11) is 0. The Morgan fingerprint density at radius 3 is 2.67 bits per heavy atom. The SMILES string of the molecule is CCn1cc(C(=O)N2CCC(c3cc4nc(C)cc(=O)n4[nH]3)CC2)c(C)n1. The molecule has 0 spiro atoms. The number of hydrogen-bond donors (Lipinski definition) is 1. The highest BCUT2D eigenvalue weighted by atomic mass is 16.2. The van der Waals surface area contributed by atoms with Gasteiger partial charge < -0.3 is 4.90 Å². The van der Waals surface area contributed by atoms with Gasteiger partial charge in [0.05, 0.1) is 11.3 Å². The van der Waals surface area contributed by atoms with Crippen molar-refractivity contribution in [2.45, 2.75) is 46.1 Å². The van der Waals surface area contributed by atoms with Crippen molar-refractivity contribution in [1.29, 1.82) is 0 Å². The van der Waals surface area contributed by atoms with Crippen LogP contribution in [0, 0.1) is 13.8 Å². The van der Waals surface area contributed by atoms with Crippen molar-refractivity contribution in [2.24, 2.45) is 0 Å². The van der Waals surface area contributed by atoms with Crippen LogP contribution in [0.15, 0.2) is 23.1 Å². The number of carbonyl (C=O) groups is 1. The summed E-state index contributed by atoms with van der Waals surface area (Å²) < 4.78 is 3.29. The standard InChI is InChI=1S/C19H24N6O2/c1-4-24-11-15(13(3)21-24)19(27)23-7-5-14(6-8-23)16-10-17-20-12(2)9-18(26)25(17)22-16/h9-11,14,22H,4-8H2,1-3H3. The van der Waals surface area contributed by atoms with E-state index in [-0.39, 0.29) is 17.4 Å². The van der Waals surface area contributed by atoms with Crippen LogP contribution in [0.25, 0.3) is 5.65 Å². The zero-order valence-electron chi connectivity index (χ0n) is 15.9. The number of amides is 1. The largest absolute Gasteiger partial charge is 0.338 e. The van der Waals surface area contributed by atoms with Crippen LogP contribution in [-0.2, 0) is 6.54 Å². The molecule has 8 nitrogen and oxygen atoms in total.